The van der Waals surface area contributed by atoms with Gasteiger partial charge in [0.05, 0.1) is 7.11 Å². The molecule has 0 radical (unpaired) electrons. The summed E-state index contributed by atoms with van der Waals surface area (Å²) < 4.78 is 28.2. The Morgan fingerprint density at radius 2 is 2.12 bits per heavy atom. The first kappa shape index (κ1) is 16.9. The minimum absolute atomic E-state index is 0.000652. The maximum absolute atomic E-state index is 12.8. The highest BCUT2D eigenvalue weighted by Crippen LogP contribution is 2.21. The maximum Gasteiger partial charge on any atom is 0.328 e. The summed E-state index contributed by atoms with van der Waals surface area (Å²) in [5.41, 5.74) is 0.105. The number of likely N-dealkylation sites (tertiary alicyclic amines) is 1. The summed E-state index contributed by atoms with van der Waals surface area (Å²) in [7, 11) is 1.30. The number of methoxy groups -OCH3 is 1. The molecule has 1 atom stereocenters. The van der Waals surface area contributed by atoms with Crippen LogP contribution in [0.15, 0.2) is 34.9 Å². The molecule has 1 aliphatic rings. The lowest BCUT2D eigenvalue weighted by Gasteiger charge is -2.21. The number of carbonyl (C=O) groups is 2. The van der Waals surface area contributed by atoms with E-state index in [2.05, 4.69) is 4.98 Å². The zero-order valence-corrected chi connectivity index (χ0v) is 13.6. The van der Waals surface area contributed by atoms with Crippen LogP contribution in [0.5, 0.6) is 5.75 Å². The number of aromatic nitrogens is 1. The molecule has 2 heterocycles. The van der Waals surface area contributed by atoms with E-state index in [0.29, 0.717) is 18.7 Å². The molecule has 2 aromatic rings. The number of esters is 1. The number of hydrogen-bond acceptors (Lipinski definition) is 6. The molecule has 1 aromatic carbocycles. The molecular formula is C17H17FN2O5. The fraction of sp³-hybridized carbons (Fsp3) is 0.353. The van der Waals surface area contributed by atoms with Crippen LogP contribution in [0, 0.1) is 5.82 Å². The molecule has 1 amide bonds. The van der Waals surface area contributed by atoms with Gasteiger partial charge >= 0.3 is 5.97 Å². The lowest BCUT2D eigenvalue weighted by Crippen LogP contribution is -2.41. The normalized spacial score (nSPS) is 16.7. The van der Waals surface area contributed by atoms with E-state index in [1.807, 2.05) is 0 Å². The van der Waals surface area contributed by atoms with Gasteiger partial charge in [-0.05, 0) is 37.1 Å². The predicted octanol–water partition coefficient (Wildman–Crippen LogP) is 2.17. The fourth-order valence-corrected chi connectivity index (χ4v) is 2.69. The highest BCUT2D eigenvalue weighted by molar-refractivity contribution is 5.95. The summed E-state index contributed by atoms with van der Waals surface area (Å²) in [6.07, 6.45) is 2.53. The minimum atomic E-state index is -0.590. The summed E-state index contributed by atoms with van der Waals surface area (Å²) in [6, 6.07) is 4.93. The van der Waals surface area contributed by atoms with Crippen molar-refractivity contribution in [3.8, 4) is 5.75 Å². The van der Waals surface area contributed by atoms with Crippen LogP contribution in [-0.2, 0) is 16.1 Å². The average Bonchev–Trinajstić information content (AvgIpc) is 3.29. The number of halogens is 1. The molecule has 8 heteroatoms. The molecule has 0 unspecified atom stereocenters. The first-order valence-electron chi connectivity index (χ1n) is 7.80. The molecule has 0 spiro atoms. The highest BCUT2D eigenvalue weighted by atomic mass is 19.1. The Morgan fingerprint density at radius 1 is 1.36 bits per heavy atom. The molecule has 3 rings (SSSR count). The van der Waals surface area contributed by atoms with Crippen molar-refractivity contribution >= 4 is 11.9 Å². The summed E-state index contributed by atoms with van der Waals surface area (Å²) in [6.45, 7) is 0.464. The Bertz CT molecular complexity index is 759. The third kappa shape index (κ3) is 3.78. The molecular weight excluding hydrogens is 331 g/mol. The van der Waals surface area contributed by atoms with Crippen molar-refractivity contribution in [2.45, 2.75) is 25.5 Å². The van der Waals surface area contributed by atoms with E-state index in [1.54, 1.807) is 0 Å². The summed E-state index contributed by atoms with van der Waals surface area (Å²) in [5, 5.41) is 0. The van der Waals surface area contributed by atoms with Gasteiger partial charge in [0.2, 0.25) is 5.89 Å². The number of hydrogen-bond donors (Lipinski definition) is 0. The molecule has 0 aliphatic carbocycles. The number of rotatable bonds is 5. The molecule has 0 saturated carbocycles. The lowest BCUT2D eigenvalue weighted by atomic mass is 10.2. The Labute approximate surface area is 143 Å². The van der Waals surface area contributed by atoms with Gasteiger partial charge in [0.15, 0.2) is 12.3 Å². The standard InChI is InChI=1S/C17H17FN2O5/c1-23-17(22)14-3-2-8-20(14)16(21)13-9-25-15(19-13)10-24-12-6-4-11(18)5-7-12/h4-7,9,14H,2-3,8,10H2,1H3/t14-/m0/s1. The van der Waals surface area contributed by atoms with Crippen molar-refractivity contribution in [3.05, 3.63) is 47.9 Å². The van der Waals surface area contributed by atoms with Crippen molar-refractivity contribution in [1.29, 1.82) is 0 Å². The number of amides is 1. The van der Waals surface area contributed by atoms with Crippen LogP contribution in [0.2, 0.25) is 0 Å². The highest BCUT2D eigenvalue weighted by Gasteiger charge is 2.36. The van der Waals surface area contributed by atoms with E-state index in [9.17, 15) is 14.0 Å². The van der Waals surface area contributed by atoms with Gasteiger partial charge in [-0.2, -0.15) is 0 Å². The van der Waals surface area contributed by atoms with Crippen LogP contribution in [0.25, 0.3) is 0 Å². The van der Waals surface area contributed by atoms with Gasteiger partial charge in [-0.15, -0.1) is 0 Å². The first-order valence-corrected chi connectivity index (χ1v) is 7.80. The lowest BCUT2D eigenvalue weighted by molar-refractivity contribution is -0.145. The SMILES string of the molecule is COC(=O)[C@@H]1CCCN1C(=O)c1coc(COc2ccc(F)cc2)n1. The molecule has 1 saturated heterocycles. The van der Waals surface area contributed by atoms with Crippen molar-refractivity contribution in [1.82, 2.24) is 9.88 Å². The molecule has 7 nitrogen and oxygen atoms in total. The summed E-state index contributed by atoms with van der Waals surface area (Å²) in [5.74, 6) is -0.514. The van der Waals surface area contributed by atoms with Crippen LogP contribution >= 0.6 is 0 Å². The molecule has 1 fully saturated rings. The van der Waals surface area contributed by atoms with Gasteiger partial charge < -0.3 is 18.8 Å². The zero-order valence-electron chi connectivity index (χ0n) is 13.6. The Morgan fingerprint density at radius 3 is 2.84 bits per heavy atom. The molecule has 0 N–H and O–H groups in total. The Kier molecular flexibility index (Phi) is 4.97. The largest absolute Gasteiger partial charge is 0.484 e. The zero-order chi connectivity index (χ0) is 17.8. The van der Waals surface area contributed by atoms with E-state index in [1.165, 1.54) is 42.5 Å². The molecule has 1 aliphatic heterocycles. The molecule has 25 heavy (non-hydrogen) atoms. The molecule has 0 bridgehead atoms. The van der Waals surface area contributed by atoms with Gasteiger partial charge in [-0.25, -0.2) is 14.2 Å². The smallest absolute Gasteiger partial charge is 0.328 e. The van der Waals surface area contributed by atoms with Crippen molar-refractivity contribution in [3.63, 3.8) is 0 Å². The van der Waals surface area contributed by atoms with Crippen LogP contribution in [0.4, 0.5) is 4.39 Å². The van der Waals surface area contributed by atoms with Crippen LogP contribution in [0.3, 0.4) is 0 Å². The second-order valence-corrected chi connectivity index (χ2v) is 5.55. The summed E-state index contributed by atoms with van der Waals surface area (Å²) in [4.78, 5) is 29.8. The van der Waals surface area contributed by atoms with Crippen LogP contribution < -0.4 is 4.74 Å². The molecule has 1 aromatic heterocycles. The monoisotopic (exact) mass is 348 g/mol. The third-order valence-corrected chi connectivity index (χ3v) is 3.93. The minimum Gasteiger partial charge on any atom is -0.484 e. The van der Waals surface area contributed by atoms with Crippen LogP contribution in [0.1, 0.15) is 29.2 Å². The average molecular weight is 348 g/mol. The van der Waals surface area contributed by atoms with Gasteiger partial charge in [0.25, 0.3) is 5.91 Å². The van der Waals surface area contributed by atoms with E-state index < -0.39 is 12.0 Å². The number of carbonyl (C=O) groups excluding carboxylic acids is 2. The maximum atomic E-state index is 12.8. The third-order valence-electron chi connectivity index (χ3n) is 3.93. The van der Waals surface area contributed by atoms with Gasteiger partial charge in [0.1, 0.15) is 23.9 Å². The topological polar surface area (TPSA) is 81.9 Å². The van der Waals surface area contributed by atoms with E-state index in [4.69, 9.17) is 13.9 Å². The van der Waals surface area contributed by atoms with Gasteiger partial charge in [-0.3, -0.25) is 4.79 Å². The first-order chi connectivity index (χ1) is 12.1. The fourth-order valence-electron chi connectivity index (χ4n) is 2.69. The number of nitrogens with zero attached hydrogens (tertiary/aromatic N) is 2. The van der Waals surface area contributed by atoms with E-state index in [-0.39, 0.29) is 29.9 Å². The number of benzene rings is 1. The number of ether oxygens (including phenoxy) is 2. The van der Waals surface area contributed by atoms with Crippen molar-refractivity contribution < 1.29 is 27.9 Å². The Balaban J connectivity index is 1.63. The number of oxazole rings is 1. The van der Waals surface area contributed by atoms with Gasteiger partial charge in [0, 0.05) is 6.54 Å². The van der Waals surface area contributed by atoms with Crippen molar-refractivity contribution in [2.75, 3.05) is 13.7 Å². The quantitative estimate of drug-likeness (QED) is 0.770. The Hall–Kier alpha value is -2.90. The van der Waals surface area contributed by atoms with Crippen LogP contribution in [-0.4, -0.2) is 41.5 Å². The van der Waals surface area contributed by atoms with E-state index in [0.717, 1.165) is 6.42 Å². The van der Waals surface area contributed by atoms with Crippen molar-refractivity contribution in [2.24, 2.45) is 0 Å². The van der Waals surface area contributed by atoms with E-state index >= 15 is 0 Å². The van der Waals surface area contributed by atoms with Gasteiger partial charge in [-0.1, -0.05) is 0 Å². The molecule has 132 valence electrons. The summed E-state index contributed by atoms with van der Waals surface area (Å²) >= 11 is 0. The second kappa shape index (κ2) is 7.33. The predicted molar refractivity (Wildman–Crippen MR) is 83.3 cm³/mol. The second-order valence-electron chi connectivity index (χ2n) is 5.55.